The van der Waals surface area contributed by atoms with E-state index in [2.05, 4.69) is 31.2 Å². The Hall–Kier alpha value is -1.51. The molecule has 1 N–H and O–H groups in total. The third kappa shape index (κ3) is 3.76. The van der Waals surface area contributed by atoms with Crippen LogP contribution in [0.4, 0.5) is 5.69 Å². The van der Waals surface area contributed by atoms with Crippen molar-refractivity contribution in [3.8, 4) is 0 Å². The number of nitrogens with zero attached hydrogens (tertiary/aromatic N) is 1. The summed E-state index contributed by atoms with van der Waals surface area (Å²) in [5.41, 5.74) is 1.65. The lowest BCUT2D eigenvalue weighted by atomic mass is 9.93. The predicted octanol–water partition coefficient (Wildman–Crippen LogP) is 3.19. The van der Waals surface area contributed by atoms with Gasteiger partial charge in [-0.2, -0.15) is 0 Å². The molecule has 0 bridgehead atoms. The number of benzene rings is 1. The van der Waals surface area contributed by atoms with Crippen LogP contribution in [0.2, 0.25) is 0 Å². The van der Waals surface area contributed by atoms with Crippen LogP contribution in [0.5, 0.6) is 0 Å². The molecule has 0 fully saturated rings. The van der Waals surface area contributed by atoms with Gasteiger partial charge in [0, 0.05) is 19.3 Å². The maximum atomic E-state index is 11.1. The van der Waals surface area contributed by atoms with E-state index in [9.17, 15) is 4.79 Å². The van der Waals surface area contributed by atoms with Crippen LogP contribution in [0.15, 0.2) is 24.3 Å². The van der Waals surface area contributed by atoms with Gasteiger partial charge in [0.1, 0.15) is 0 Å². The second-order valence-corrected chi connectivity index (χ2v) is 5.46. The summed E-state index contributed by atoms with van der Waals surface area (Å²) < 4.78 is 0. The fraction of sp³-hybridized carbons (Fsp3) is 0.533. The maximum Gasteiger partial charge on any atom is 0.310 e. The van der Waals surface area contributed by atoms with Gasteiger partial charge in [-0.25, -0.2) is 0 Å². The Morgan fingerprint density at radius 2 is 1.83 bits per heavy atom. The predicted molar refractivity (Wildman–Crippen MR) is 75.1 cm³/mol. The summed E-state index contributed by atoms with van der Waals surface area (Å²) in [5.74, 6) is -0.767. The highest BCUT2D eigenvalue weighted by atomic mass is 16.4. The van der Waals surface area contributed by atoms with Crippen LogP contribution in [0.25, 0.3) is 0 Å². The van der Waals surface area contributed by atoms with Crippen LogP contribution < -0.4 is 4.90 Å². The molecular formula is C15H23NO2. The lowest BCUT2D eigenvalue weighted by molar-refractivity contribution is -0.146. The molecule has 18 heavy (non-hydrogen) atoms. The van der Waals surface area contributed by atoms with Gasteiger partial charge in [-0.1, -0.05) is 25.5 Å². The average molecular weight is 249 g/mol. The van der Waals surface area contributed by atoms with E-state index in [0.29, 0.717) is 6.54 Å². The number of carboxylic acid groups (broad SMARTS) is 1. The second-order valence-electron chi connectivity index (χ2n) is 5.46. The standard InChI is InChI=1S/C15H23NO2/c1-5-6-12-7-9-13(10-8-12)16(4)11-15(2,3)14(17)18/h7-10H,5-6,11H2,1-4H3,(H,17,18). The minimum atomic E-state index is -0.767. The topological polar surface area (TPSA) is 40.5 Å². The van der Waals surface area contributed by atoms with Gasteiger partial charge < -0.3 is 10.0 Å². The van der Waals surface area contributed by atoms with Crippen molar-refractivity contribution in [2.75, 3.05) is 18.5 Å². The SMILES string of the molecule is CCCc1ccc(N(C)CC(C)(C)C(=O)O)cc1. The molecule has 3 nitrogen and oxygen atoms in total. The van der Waals surface area contributed by atoms with E-state index in [1.807, 2.05) is 11.9 Å². The molecule has 0 aliphatic carbocycles. The number of carbonyl (C=O) groups is 1. The first kappa shape index (κ1) is 14.6. The molecular weight excluding hydrogens is 226 g/mol. The third-order valence-corrected chi connectivity index (χ3v) is 3.13. The van der Waals surface area contributed by atoms with Gasteiger partial charge in [-0.3, -0.25) is 4.79 Å². The van der Waals surface area contributed by atoms with Crippen LogP contribution >= 0.6 is 0 Å². The maximum absolute atomic E-state index is 11.1. The molecule has 0 unspecified atom stereocenters. The lowest BCUT2D eigenvalue weighted by Gasteiger charge is -2.28. The molecule has 1 rings (SSSR count). The molecule has 1 aromatic carbocycles. The summed E-state index contributed by atoms with van der Waals surface area (Å²) in [4.78, 5) is 13.1. The van der Waals surface area contributed by atoms with Gasteiger partial charge in [0.2, 0.25) is 0 Å². The Labute approximate surface area is 109 Å². The van der Waals surface area contributed by atoms with E-state index in [0.717, 1.165) is 18.5 Å². The van der Waals surface area contributed by atoms with E-state index in [1.54, 1.807) is 13.8 Å². The van der Waals surface area contributed by atoms with E-state index in [1.165, 1.54) is 5.56 Å². The average Bonchev–Trinajstić information content (AvgIpc) is 2.29. The monoisotopic (exact) mass is 249 g/mol. The quantitative estimate of drug-likeness (QED) is 0.841. The first-order chi connectivity index (χ1) is 8.36. The molecule has 100 valence electrons. The van der Waals surface area contributed by atoms with Crippen molar-refractivity contribution in [2.24, 2.45) is 5.41 Å². The Bertz CT molecular complexity index is 395. The van der Waals surface area contributed by atoms with Crippen molar-refractivity contribution in [3.63, 3.8) is 0 Å². The fourth-order valence-corrected chi connectivity index (χ4v) is 1.96. The van der Waals surface area contributed by atoms with Gasteiger partial charge in [0.25, 0.3) is 0 Å². The number of rotatable bonds is 6. The van der Waals surface area contributed by atoms with Crippen molar-refractivity contribution in [1.82, 2.24) is 0 Å². The molecule has 0 atom stereocenters. The Kier molecular flexibility index (Phi) is 4.76. The first-order valence-electron chi connectivity index (χ1n) is 6.40. The highest BCUT2D eigenvalue weighted by Gasteiger charge is 2.28. The summed E-state index contributed by atoms with van der Waals surface area (Å²) in [6, 6.07) is 8.35. The van der Waals surface area contributed by atoms with Gasteiger partial charge in [-0.15, -0.1) is 0 Å². The Morgan fingerprint density at radius 1 is 1.28 bits per heavy atom. The zero-order valence-corrected chi connectivity index (χ0v) is 11.7. The summed E-state index contributed by atoms with van der Waals surface area (Å²) in [6.45, 7) is 6.15. The van der Waals surface area contributed by atoms with Crippen LogP contribution in [0, 0.1) is 5.41 Å². The zero-order chi connectivity index (χ0) is 13.8. The van der Waals surface area contributed by atoms with Crippen molar-refractivity contribution >= 4 is 11.7 Å². The van der Waals surface area contributed by atoms with Crippen molar-refractivity contribution < 1.29 is 9.90 Å². The molecule has 0 saturated carbocycles. The number of hydrogen-bond acceptors (Lipinski definition) is 2. The lowest BCUT2D eigenvalue weighted by Crippen LogP contribution is -2.37. The third-order valence-electron chi connectivity index (χ3n) is 3.13. The summed E-state index contributed by atoms with van der Waals surface area (Å²) in [6.07, 6.45) is 2.23. The Balaban J connectivity index is 2.72. The normalized spacial score (nSPS) is 11.3. The van der Waals surface area contributed by atoms with Crippen LogP contribution in [0.3, 0.4) is 0 Å². The molecule has 0 spiro atoms. The summed E-state index contributed by atoms with van der Waals surface area (Å²) in [5, 5.41) is 9.12. The number of aryl methyl sites for hydroxylation is 1. The first-order valence-corrected chi connectivity index (χ1v) is 6.40. The summed E-state index contributed by atoms with van der Waals surface area (Å²) in [7, 11) is 1.93. The molecule has 0 radical (unpaired) electrons. The second kappa shape index (κ2) is 5.89. The molecule has 1 aromatic rings. The van der Waals surface area contributed by atoms with Gasteiger partial charge in [-0.05, 0) is 38.0 Å². The molecule has 0 heterocycles. The Morgan fingerprint density at radius 3 is 2.28 bits per heavy atom. The van der Waals surface area contributed by atoms with E-state index < -0.39 is 11.4 Å². The molecule has 0 amide bonds. The zero-order valence-electron chi connectivity index (χ0n) is 11.7. The van der Waals surface area contributed by atoms with Gasteiger partial charge in [0.05, 0.1) is 5.41 Å². The largest absolute Gasteiger partial charge is 0.481 e. The molecule has 0 saturated heterocycles. The van der Waals surface area contributed by atoms with Gasteiger partial charge >= 0.3 is 5.97 Å². The smallest absolute Gasteiger partial charge is 0.310 e. The van der Waals surface area contributed by atoms with Crippen LogP contribution in [-0.2, 0) is 11.2 Å². The minimum absolute atomic E-state index is 0.495. The highest BCUT2D eigenvalue weighted by molar-refractivity contribution is 5.74. The van der Waals surface area contributed by atoms with Crippen molar-refractivity contribution in [3.05, 3.63) is 29.8 Å². The number of hydrogen-bond donors (Lipinski definition) is 1. The number of aliphatic carboxylic acids is 1. The number of anilines is 1. The van der Waals surface area contributed by atoms with Gasteiger partial charge in [0.15, 0.2) is 0 Å². The summed E-state index contributed by atoms with van der Waals surface area (Å²) >= 11 is 0. The van der Waals surface area contributed by atoms with Crippen molar-refractivity contribution in [1.29, 1.82) is 0 Å². The molecule has 0 aliphatic heterocycles. The number of carboxylic acids is 1. The minimum Gasteiger partial charge on any atom is -0.481 e. The van der Waals surface area contributed by atoms with Crippen LogP contribution in [-0.4, -0.2) is 24.7 Å². The molecule has 3 heteroatoms. The van der Waals surface area contributed by atoms with Crippen molar-refractivity contribution in [2.45, 2.75) is 33.6 Å². The van der Waals surface area contributed by atoms with E-state index in [4.69, 9.17) is 5.11 Å². The van der Waals surface area contributed by atoms with Crippen LogP contribution in [0.1, 0.15) is 32.8 Å². The molecule has 0 aliphatic rings. The fourth-order valence-electron chi connectivity index (χ4n) is 1.96. The van der Waals surface area contributed by atoms with E-state index >= 15 is 0 Å². The highest BCUT2D eigenvalue weighted by Crippen LogP contribution is 2.21. The molecule has 0 aromatic heterocycles. The van der Waals surface area contributed by atoms with E-state index in [-0.39, 0.29) is 0 Å².